The third-order valence-corrected chi connectivity index (χ3v) is 2.78. The molecule has 2 aromatic heterocycles. The van der Waals surface area contributed by atoms with E-state index < -0.39 is 0 Å². The van der Waals surface area contributed by atoms with Crippen molar-refractivity contribution in [3.8, 4) is 5.88 Å². The fourth-order valence-corrected chi connectivity index (χ4v) is 1.76. The summed E-state index contributed by atoms with van der Waals surface area (Å²) in [7, 11) is 0. The molecule has 0 amide bonds. The number of nitrogens with one attached hydrogen (secondary N) is 1. The minimum atomic E-state index is 0.570. The molecule has 20 heavy (non-hydrogen) atoms. The number of hydrogen-bond donors (Lipinski definition) is 1. The van der Waals surface area contributed by atoms with Gasteiger partial charge in [-0.2, -0.15) is 4.98 Å². The van der Waals surface area contributed by atoms with Crippen molar-refractivity contribution < 1.29 is 4.74 Å². The molecule has 0 unspecified atom stereocenters. The number of hydrogen-bond acceptors (Lipinski definition) is 5. The zero-order valence-corrected chi connectivity index (χ0v) is 11.7. The van der Waals surface area contributed by atoms with Crippen molar-refractivity contribution in [3.05, 3.63) is 42.5 Å². The molecule has 5 heteroatoms. The summed E-state index contributed by atoms with van der Waals surface area (Å²) in [6, 6.07) is 4.05. The first-order valence-corrected chi connectivity index (χ1v) is 6.96. The summed E-state index contributed by atoms with van der Waals surface area (Å²) in [5.41, 5.74) is 1.27. The van der Waals surface area contributed by atoms with Crippen molar-refractivity contribution in [3.63, 3.8) is 0 Å². The van der Waals surface area contributed by atoms with Gasteiger partial charge in [0.2, 0.25) is 5.88 Å². The summed E-state index contributed by atoms with van der Waals surface area (Å²) >= 11 is 0. The van der Waals surface area contributed by atoms with Crippen molar-refractivity contribution in [1.29, 1.82) is 0 Å². The lowest BCUT2D eigenvalue weighted by molar-refractivity contribution is 0.298. The molecule has 0 spiro atoms. The Hall–Kier alpha value is -2.17. The molecule has 0 radical (unpaired) electrons. The molecule has 0 saturated carbocycles. The van der Waals surface area contributed by atoms with Crippen LogP contribution < -0.4 is 10.1 Å². The van der Waals surface area contributed by atoms with Gasteiger partial charge in [0, 0.05) is 18.9 Å². The fraction of sp³-hybridized carbons (Fsp3) is 0.400. The quantitative estimate of drug-likeness (QED) is 0.749. The molecule has 2 rings (SSSR count). The Morgan fingerprint density at radius 1 is 1.15 bits per heavy atom. The Kier molecular flexibility index (Phi) is 5.76. The maximum Gasteiger partial charge on any atom is 0.234 e. The SMILES string of the molecule is CCCNc1cncc(OCCCc2ccncc2)n1. The van der Waals surface area contributed by atoms with Crippen molar-refractivity contribution in [2.24, 2.45) is 0 Å². The zero-order valence-electron chi connectivity index (χ0n) is 11.7. The summed E-state index contributed by atoms with van der Waals surface area (Å²) in [4.78, 5) is 12.5. The van der Waals surface area contributed by atoms with Gasteiger partial charge in [0.1, 0.15) is 5.82 Å². The van der Waals surface area contributed by atoms with Gasteiger partial charge in [0.15, 0.2) is 0 Å². The van der Waals surface area contributed by atoms with E-state index >= 15 is 0 Å². The lowest BCUT2D eigenvalue weighted by Crippen LogP contribution is -2.05. The molecule has 106 valence electrons. The predicted molar refractivity (Wildman–Crippen MR) is 78.9 cm³/mol. The van der Waals surface area contributed by atoms with E-state index in [1.807, 2.05) is 24.5 Å². The lowest BCUT2D eigenvalue weighted by Gasteiger charge is -2.07. The van der Waals surface area contributed by atoms with Crippen LogP contribution in [0.3, 0.4) is 0 Å². The van der Waals surface area contributed by atoms with Gasteiger partial charge >= 0.3 is 0 Å². The first kappa shape index (κ1) is 14.2. The Balaban J connectivity index is 1.73. The van der Waals surface area contributed by atoms with Gasteiger partial charge in [-0.15, -0.1) is 0 Å². The largest absolute Gasteiger partial charge is 0.477 e. The second kappa shape index (κ2) is 8.09. The molecule has 0 bridgehead atoms. The Bertz CT molecular complexity index is 504. The van der Waals surface area contributed by atoms with Crippen molar-refractivity contribution in [2.45, 2.75) is 26.2 Å². The predicted octanol–water partition coefficient (Wildman–Crippen LogP) is 2.71. The van der Waals surface area contributed by atoms with Crippen molar-refractivity contribution in [1.82, 2.24) is 15.0 Å². The topological polar surface area (TPSA) is 59.9 Å². The van der Waals surface area contributed by atoms with Gasteiger partial charge in [-0.1, -0.05) is 6.92 Å². The molecule has 0 aliphatic rings. The highest BCUT2D eigenvalue weighted by atomic mass is 16.5. The molecule has 0 fully saturated rings. The number of rotatable bonds is 8. The third-order valence-electron chi connectivity index (χ3n) is 2.78. The first-order valence-electron chi connectivity index (χ1n) is 6.96. The van der Waals surface area contributed by atoms with Gasteiger partial charge in [-0.25, -0.2) is 0 Å². The van der Waals surface area contributed by atoms with Gasteiger partial charge in [0.05, 0.1) is 19.0 Å². The Morgan fingerprint density at radius 3 is 2.80 bits per heavy atom. The van der Waals surface area contributed by atoms with Crippen LogP contribution in [0.2, 0.25) is 0 Å². The summed E-state index contributed by atoms with van der Waals surface area (Å²) in [6.45, 7) is 3.63. The van der Waals surface area contributed by atoms with Crippen LogP contribution in [-0.4, -0.2) is 28.1 Å². The summed E-state index contributed by atoms with van der Waals surface area (Å²) < 4.78 is 5.62. The molecule has 0 atom stereocenters. The number of nitrogens with zero attached hydrogens (tertiary/aromatic N) is 3. The van der Waals surface area contributed by atoms with Crippen LogP contribution >= 0.6 is 0 Å². The highest BCUT2D eigenvalue weighted by Gasteiger charge is 1.99. The monoisotopic (exact) mass is 272 g/mol. The fourth-order valence-electron chi connectivity index (χ4n) is 1.76. The first-order chi connectivity index (χ1) is 9.88. The minimum Gasteiger partial charge on any atom is -0.477 e. The second-order valence-electron chi connectivity index (χ2n) is 4.48. The van der Waals surface area contributed by atoms with Crippen LogP contribution in [0.25, 0.3) is 0 Å². The van der Waals surface area contributed by atoms with E-state index in [-0.39, 0.29) is 0 Å². The average molecular weight is 272 g/mol. The molecule has 2 aromatic rings. The normalized spacial score (nSPS) is 10.2. The number of ether oxygens (including phenoxy) is 1. The molecule has 5 nitrogen and oxygen atoms in total. The van der Waals surface area contributed by atoms with E-state index in [2.05, 4.69) is 27.2 Å². The van der Waals surface area contributed by atoms with Gasteiger partial charge in [-0.05, 0) is 37.0 Å². The van der Waals surface area contributed by atoms with E-state index in [9.17, 15) is 0 Å². The lowest BCUT2D eigenvalue weighted by atomic mass is 10.1. The standard InChI is InChI=1S/C15H20N4O/c1-2-7-18-14-11-17-12-15(19-14)20-10-3-4-13-5-8-16-9-6-13/h5-6,8-9,11-12H,2-4,7,10H2,1H3,(H,18,19). The average Bonchev–Trinajstić information content (AvgIpc) is 2.51. The van der Waals surface area contributed by atoms with Gasteiger partial charge < -0.3 is 10.1 Å². The van der Waals surface area contributed by atoms with E-state index in [0.717, 1.165) is 31.6 Å². The second-order valence-corrected chi connectivity index (χ2v) is 4.48. The highest BCUT2D eigenvalue weighted by molar-refractivity contribution is 5.32. The van der Waals surface area contributed by atoms with Crippen LogP contribution in [0, 0.1) is 0 Å². The molecule has 1 N–H and O–H groups in total. The maximum absolute atomic E-state index is 5.62. The molecule has 2 heterocycles. The summed E-state index contributed by atoms with van der Waals surface area (Å²) in [5, 5.41) is 3.19. The van der Waals surface area contributed by atoms with Crippen LogP contribution in [0.15, 0.2) is 36.9 Å². The smallest absolute Gasteiger partial charge is 0.234 e. The molecule has 0 aliphatic carbocycles. The Labute approximate surface area is 119 Å². The number of aryl methyl sites for hydroxylation is 1. The molecule has 0 aromatic carbocycles. The van der Waals surface area contributed by atoms with E-state index in [1.54, 1.807) is 12.4 Å². The van der Waals surface area contributed by atoms with Gasteiger partial charge in [-0.3, -0.25) is 9.97 Å². The number of anilines is 1. The molecule has 0 aliphatic heterocycles. The van der Waals surface area contributed by atoms with Gasteiger partial charge in [0.25, 0.3) is 0 Å². The summed E-state index contributed by atoms with van der Waals surface area (Å²) in [6.07, 6.45) is 9.94. The third kappa shape index (κ3) is 4.84. The maximum atomic E-state index is 5.62. The van der Waals surface area contributed by atoms with E-state index in [1.165, 1.54) is 5.56 Å². The van der Waals surface area contributed by atoms with Crippen molar-refractivity contribution >= 4 is 5.82 Å². The van der Waals surface area contributed by atoms with Crippen LogP contribution in [-0.2, 0) is 6.42 Å². The zero-order chi connectivity index (χ0) is 14.0. The van der Waals surface area contributed by atoms with E-state index in [4.69, 9.17) is 4.74 Å². The molecule has 0 saturated heterocycles. The number of pyridine rings is 1. The van der Waals surface area contributed by atoms with Crippen LogP contribution in [0.1, 0.15) is 25.3 Å². The molecular formula is C15H20N4O. The van der Waals surface area contributed by atoms with Crippen LogP contribution in [0.5, 0.6) is 5.88 Å². The summed E-state index contributed by atoms with van der Waals surface area (Å²) in [5.74, 6) is 1.33. The number of aromatic nitrogens is 3. The van der Waals surface area contributed by atoms with Crippen LogP contribution in [0.4, 0.5) is 5.82 Å². The minimum absolute atomic E-state index is 0.570. The molecular weight excluding hydrogens is 252 g/mol. The highest BCUT2D eigenvalue weighted by Crippen LogP contribution is 2.10. The van der Waals surface area contributed by atoms with E-state index in [0.29, 0.717) is 12.5 Å². The van der Waals surface area contributed by atoms with Crippen molar-refractivity contribution in [2.75, 3.05) is 18.5 Å². The Morgan fingerprint density at radius 2 is 2.00 bits per heavy atom.